The van der Waals surface area contributed by atoms with Gasteiger partial charge in [0.1, 0.15) is 11.5 Å². The van der Waals surface area contributed by atoms with Gasteiger partial charge < -0.3 is 14.6 Å². The first-order chi connectivity index (χ1) is 10.5. The molecule has 22 heavy (non-hydrogen) atoms. The third-order valence-corrected chi connectivity index (χ3v) is 3.07. The Labute approximate surface area is 128 Å². The fraction of sp³-hybridized carbons (Fsp3) is 0.176. The summed E-state index contributed by atoms with van der Waals surface area (Å²) in [7, 11) is 1.48. The summed E-state index contributed by atoms with van der Waals surface area (Å²) in [5.41, 5.74) is 1.51. The molecule has 5 heteroatoms. The Morgan fingerprint density at radius 1 is 1.14 bits per heavy atom. The molecule has 0 atom stereocenters. The van der Waals surface area contributed by atoms with Crippen LogP contribution in [0.2, 0.25) is 0 Å². The normalized spacial score (nSPS) is 10.1. The van der Waals surface area contributed by atoms with Crippen LogP contribution >= 0.6 is 0 Å². The van der Waals surface area contributed by atoms with Crippen LogP contribution in [0.3, 0.4) is 0 Å². The van der Waals surface area contributed by atoms with Gasteiger partial charge in [-0.3, -0.25) is 4.79 Å². The SMILES string of the molecule is COc1cc(C)ccc1C(=O)COC(=O)c1cccc(O)c1. The van der Waals surface area contributed by atoms with E-state index in [1.54, 1.807) is 18.2 Å². The first-order valence-electron chi connectivity index (χ1n) is 6.65. The monoisotopic (exact) mass is 300 g/mol. The quantitative estimate of drug-likeness (QED) is 0.679. The number of phenols is 1. The van der Waals surface area contributed by atoms with E-state index in [0.29, 0.717) is 11.3 Å². The van der Waals surface area contributed by atoms with Crippen molar-refractivity contribution in [2.24, 2.45) is 0 Å². The standard InChI is InChI=1S/C17H16O5/c1-11-6-7-14(16(8-11)21-2)15(19)10-22-17(20)12-4-3-5-13(18)9-12/h3-9,18H,10H2,1-2H3. The van der Waals surface area contributed by atoms with Crippen LogP contribution in [0.5, 0.6) is 11.5 Å². The molecule has 0 unspecified atom stereocenters. The molecule has 2 rings (SSSR count). The summed E-state index contributed by atoms with van der Waals surface area (Å²) < 4.78 is 10.1. The maximum Gasteiger partial charge on any atom is 0.338 e. The highest BCUT2D eigenvalue weighted by molar-refractivity contribution is 6.01. The van der Waals surface area contributed by atoms with Gasteiger partial charge in [0.15, 0.2) is 6.61 Å². The van der Waals surface area contributed by atoms with Crippen LogP contribution in [-0.4, -0.2) is 30.6 Å². The summed E-state index contributed by atoms with van der Waals surface area (Å²) in [6.45, 7) is 1.49. The van der Waals surface area contributed by atoms with Crippen LogP contribution in [0.15, 0.2) is 42.5 Å². The lowest BCUT2D eigenvalue weighted by atomic mass is 10.1. The highest BCUT2D eigenvalue weighted by Gasteiger charge is 2.15. The minimum atomic E-state index is -0.671. The second kappa shape index (κ2) is 6.76. The molecule has 0 aliphatic carbocycles. The van der Waals surface area contributed by atoms with E-state index >= 15 is 0 Å². The second-order valence-electron chi connectivity index (χ2n) is 4.75. The zero-order valence-electron chi connectivity index (χ0n) is 12.3. The number of Topliss-reactive ketones (excluding diaryl/α,β-unsaturated/α-hetero) is 1. The van der Waals surface area contributed by atoms with Gasteiger partial charge in [-0.05, 0) is 42.8 Å². The molecule has 0 saturated carbocycles. The molecule has 5 nitrogen and oxygen atoms in total. The van der Waals surface area contributed by atoms with Crippen molar-refractivity contribution in [3.8, 4) is 11.5 Å². The molecule has 0 aromatic heterocycles. The Bertz CT molecular complexity index is 706. The fourth-order valence-electron chi connectivity index (χ4n) is 1.95. The predicted octanol–water partition coefficient (Wildman–Crippen LogP) is 2.75. The lowest BCUT2D eigenvalue weighted by Gasteiger charge is -2.09. The smallest absolute Gasteiger partial charge is 0.338 e. The van der Waals surface area contributed by atoms with Crippen LogP contribution in [0.1, 0.15) is 26.3 Å². The van der Waals surface area contributed by atoms with Gasteiger partial charge in [0, 0.05) is 0 Å². The van der Waals surface area contributed by atoms with Gasteiger partial charge in [0.05, 0.1) is 18.2 Å². The zero-order chi connectivity index (χ0) is 16.1. The van der Waals surface area contributed by atoms with Crippen LogP contribution in [-0.2, 0) is 4.74 Å². The number of ketones is 1. The summed E-state index contributed by atoms with van der Waals surface area (Å²) in [5.74, 6) is -0.625. The molecule has 114 valence electrons. The Balaban J connectivity index is 2.05. The van der Waals surface area contributed by atoms with Crippen LogP contribution < -0.4 is 4.74 Å². The highest BCUT2D eigenvalue weighted by Crippen LogP contribution is 2.20. The van der Waals surface area contributed by atoms with E-state index in [9.17, 15) is 14.7 Å². The maximum absolute atomic E-state index is 12.1. The Morgan fingerprint density at radius 3 is 2.59 bits per heavy atom. The number of hydrogen-bond acceptors (Lipinski definition) is 5. The number of ether oxygens (including phenoxy) is 2. The van der Waals surface area contributed by atoms with E-state index in [1.165, 1.54) is 31.4 Å². The first kappa shape index (κ1) is 15.6. The van der Waals surface area contributed by atoms with E-state index in [4.69, 9.17) is 9.47 Å². The molecule has 0 aliphatic rings. The number of carbonyl (C=O) groups excluding carboxylic acids is 2. The van der Waals surface area contributed by atoms with E-state index in [1.807, 2.05) is 6.92 Å². The first-order valence-corrected chi connectivity index (χ1v) is 6.65. The average molecular weight is 300 g/mol. The number of benzene rings is 2. The third kappa shape index (κ3) is 3.63. The van der Waals surface area contributed by atoms with Crippen molar-refractivity contribution in [1.29, 1.82) is 0 Å². The van der Waals surface area contributed by atoms with Gasteiger partial charge in [-0.1, -0.05) is 12.1 Å². The molecular weight excluding hydrogens is 284 g/mol. The average Bonchev–Trinajstić information content (AvgIpc) is 2.52. The number of rotatable bonds is 5. The van der Waals surface area contributed by atoms with Crippen molar-refractivity contribution in [2.75, 3.05) is 13.7 Å². The number of aromatic hydroxyl groups is 1. The van der Waals surface area contributed by atoms with Gasteiger partial charge in [-0.25, -0.2) is 4.79 Å². The van der Waals surface area contributed by atoms with E-state index in [-0.39, 0.29) is 17.1 Å². The molecule has 0 heterocycles. The fourth-order valence-corrected chi connectivity index (χ4v) is 1.95. The summed E-state index contributed by atoms with van der Waals surface area (Å²) in [6, 6.07) is 10.9. The molecule has 0 radical (unpaired) electrons. The van der Waals surface area contributed by atoms with Crippen molar-refractivity contribution in [3.05, 3.63) is 59.2 Å². The van der Waals surface area contributed by atoms with Crippen LogP contribution in [0.4, 0.5) is 0 Å². The van der Waals surface area contributed by atoms with Crippen molar-refractivity contribution < 1.29 is 24.2 Å². The molecular formula is C17H16O5. The number of aryl methyl sites for hydroxylation is 1. The molecule has 0 spiro atoms. The number of hydrogen-bond donors (Lipinski definition) is 1. The molecule has 0 aliphatic heterocycles. The Hall–Kier alpha value is -2.82. The number of methoxy groups -OCH3 is 1. The van der Waals surface area contributed by atoms with E-state index in [0.717, 1.165) is 5.56 Å². The highest BCUT2D eigenvalue weighted by atomic mass is 16.5. The molecule has 1 N–H and O–H groups in total. The van der Waals surface area contributed by atoms with Gasteiger partial charge >= 0.3 is 5.97 Å². The van der Waals surface area contributed by atoms with Gasteiger partial charge in [0.2, 0.25) is 5.78 Å². The van der Waals surface area contributed by atoms with E-state index in [2.05, 4.69) is 0 Å². The summed E-state index contributed by atoms with van der Waals surface area (Å²) in [6.07, 6.45) is 0. The van der Waals surface area contributed by atoms with E-state index < -0.39 is 12.6 Å². The number of esters is 1. The minimum absolute atomic E-state index is 0.0408. The van der Waals surface area contributed by atoms with Gasteiger partial charge in [-0.2, -0.15) is 0 Å². The number of phenolic OH excluding ortho intramolecular Hbond substituents is 1. The van der Waals surface area contributed by atoms with Crippen LogP contribution in [0, 0.1) is 6.92 Å². The Kier molecular flexibility index (Phi) is 4.78. The second-order valence-corrected chi connectivity index (χ2v) is 4.75. The van der Waals surface area contributed by atoms with Crippen LogP contribution in [0.25, 0.3) is 0 Å². The maximum atomic E-state index is 12.1. The molecule has 2 aromatic carbocycles. The summed E-state index contributed by atoms with van der Waals surface area (Å²) in [5, 5.41) is 9.32. The molecule has 0 amide bonds. The van der Waals surface area contributed by atoms with Crippen molar-refractivity contribution in [3.63, 3.8) is 0 Å². The molecule has 2 aromatic rings. The van der Waals surface area contributed by atoms with Crippen molar-refractivity contribution >= 4 is 11.8 Å². The molecule has 0 fully saturated rings. The third-order valence-electron chi connectivity index (χ3n) is 3.07. The number of carbonyl (C=O) groups is 2. The summed E-state index contributed by atoms with van der Waals surface area (Å²) in [4.78, 5) is 24.0. The lowest BCUT2D eigenvalue weighted by molar-refractivity contribution is 0.0473. The summed E-state index contributed by atoms with van der Waals surface area (Å²) >= 11 is 0. The largest absolute Gasteiger partial charge is 0.508 e. The molecule has 0 saturated heterocycles. The minimum Gasteiger partial charge on any atom is -0.508 e. The van der Waals surface area contributed by atoms with Crippen molar-refractivity contribution in [2.45, 2.75) is 6.92 Å². The topological polar surface area (TPSA) is 72.8 Å². The van der Waals surface area contributed by atoms with Gasteiger partial charge in [-0.15, -0.1) is 0 Å². The zero-order valence-corrected chi connectivity index (χ0v) is 12.3. The van der Waals surface area contributed by atoms with Gasteiger partial charge in [0.25, 0.3) is 0 Å². The molecule has 0 bridgehead atoms. The predicted molar refractivity (Wildman–Crippen MR) is 80.5 cm³/mol. The van der Waals surface area contributed by atoms with Crippen molar-refractivity contribution in [1.82, 2.24) is 0 Å². The Morgan fingerprint density at radius 2 is 1.91 bits per heavy atom. The lowest BCUT2D eigenvalue weighted by Crippen LogP contribution is -2.15.